The van der Waals surface area contributed by atoms with Gasteiger partial charge in [-0.1, -0.05) is 17.3 Å². The maximum absolute atomic E-state index is 9.32. The topological polar surface area (TPSA) is 135 Å². The van der Waals surface area contributed by atoms with Crippen molar-refractivity contribution in [2.45, 2.75) is 13.5 Å². The highest BCUT2D eigenvalue weighted by atomic mass is 15.4. The molecule has 5 rings (SSSR count). The maximum Gasteiger partial charge on any atom is 0.221 e. The average Bonchev–Trinajstić information content (AvgIpc) is 3.41. The van der Waals surface area contributed by atoms with Crippen LogP contribution in [-0.2, 0) is 6.54 Å². The highest BCUT2D eigenvalue weighted by Crippen LogP contribution is 2.27. The quantitative estimate of drug-likeness (QED) is 0.467. The summed E-state index contributed by atoms with van der Waals surface area (Å²) >= 11 is 0. The number of nitrogens with two attached hydrogens (primary N) is 1. The van der Waals surface area contributed by atoms with Crippen molar-refractivity contribution in [2.24, 2.45) is 0 Å². The average molecular weight is 407 g/mol. The number of H-pyrrole nitrogens is 1. The van der Waals surface area contributed by atoms with E-state index in [1.807, 2.05) is 43.6 Å². The summed E-state index contributed by atoms with van der Waals surface area (Å²) in [6.07, 6.45) is 7.32. The number of anilines is 1. The van der Waals surface area contributed by atoms with Gasteiger partial charge in [-0.3, -0.25) is 4.98 Å². The number of pyridine rings is 1. The Hall–Kier alpha value is -4.58. The van der Waals surface area contributed by atoms with E-state index < -0.39 is 0 Å². The number of hydrogen-bond donors (Lipinski definition) is 2. The van der Waals surface area contributed by atoms with Crippen LogP contribution in [0.2, 0.25) is 0 Å². The Kier molecular flexibility index (Phi) is 4.37. The smallest absolute Gasteiger partial charge is 0.221 e. The Labute approximate surface area is 177 Å². The number of aromatic nitrogens is 7. The summed E-state index contributed by atoms with van der Waals surface area (Å²) in [5, 5.41) is 18.9. The van der Waals surface area contributed by atoms with Crippen LogP contribution in [0.1, 0.15) is 16.7 Å². The molecule has 9 nitrogen and oxygen atoms in total. The van der Waals surface area contributed by atoms with E-state index in [1.54, 1.807) is 23.1 Å². The number of nitrogens with zero attached hydrogens (tertiary/aromatic N) is 7. The molecule has 0 radical (unpaired) electrons. The molecule has 4 aromatic heterocycles. The van der Waals surface area contributed by atoms with Crippen molar-refractivity contribution in [1.29, 1.82) is 5.26 Å². The van der Waals surface area contributed by atoms with E-state index in [0.29, 0.717) is 29.2 Å². The molecule has 1 aromatic carbocycles. The van der Waals surface area contributed by atoms with Gasteiger partial charge in [0.2, 0.25) is 5.95 Å². The molecule has 31 heavy (non-hydrogen) atoms. The molecular weight excluding hydrogens is 390 g/mol. The second-order valence-corrected chi connectivity index (χ2v) is 7.12. The van der Waals surface area contributed by atoms with Gasteiger partial charge >= 0.3 is 0 Å². The summed E-state index contributed by atoms with van der Waals surface area (Å²) in [4.78, 5) is 16.0. The van der Waals surface area contributed by atoms with Crippen LogP contribution >= 0.6 is 0 Å². The zero-order valence-corrected chi connectivity index (χ0v) is 16.6. The fourth-order valence-corrected chi connectivity index (χ4v) is 3.60. The zero-order valence-electron chi connectivity index (χ0n) is 16.6. The molecule has 0 aliphatic carbocycles. The van der Waals surface area contributed by atoms with Gasteiger partial charge in [0.05, 0.1) is 47.5 Å². The molecule has 0 aliphatic heterocycles. The second kappa shape index (κ2) is 7.35. The van der Waals surface area contributed by atoms with Crippen molar-refractivity contribution >= 4 is 16.9 Å². The van der Waals surface area contributed by atoms with Gasteiger partial charge in [0.1, 0.15) is 5.69 Å². The van der Waals surface area contributed by atoms with Gasteiger partial charge < -0.3 is 10.7 Å². The van der Waals surface area contributed by atoms with Crippen LogP contribution in [0.5, 0.6) is 0 Å². The predicted octanol–water partition coefficient (Wildman–Crippen LogP) is 3.09. The van der Waals surface area contributed by atoms with E-state index in [9.17, 15) is 5.26 Å². The second-order valence-electron chi connectivity index (χ2n) is 7.12. The maximum atomic E-state index is 9.32. The third-order valence-corrected chi connectivity index (χ3v) is 5.18. The normalized spacial score (nSPS) is 11.0. The minimum absolute atomic E-state index is 0.132. The zero-order chi connectivity index (χ0) is 21.4. The van der Waals surface area contributed by atoms with E-state index in [0.717, 1.165) is 27.6 Å². The Balaban J connectivity index is 1.49. The van der Waals surface area contributed by atoms with E-state index in [2.05, 4.69) is 36.3 Å². The molecule has 0 saturated heterocycles. The summed E-state index contributed by atoms with van der Waals surface area (Å²) in [5.74, 6) is 0.132. The summed E-state index contributed by atoms with van der Waals surface area (Å²) in [6.45, 7) is 2.44. The fraction of sp³-hybridized carbons (Fsp3) is 0.0909. The minimum atomic E-state index is 0.132. The van der Waals surface area contributed by atoms with E-state index in [-0.39, 0.29) is 5.95 Å². The van der Waals surface area contributed by atoms with Crippen LogP contribution in [0.4, 0.5) is 5.95 Å². The molecule has 0 atom stereocenters. The van der Waals surface area contributed by atoms with Gasteiger partial charge in [0, 0.05) is 23.3 Å². The van der Waals surface area contributed by atoms with E-state index >= 15 is 0 Å². The molecule has 0 spiro atoms. The van der Waals surface area contributed by atoms with Gasteiger partial charge in [0.15, 0.2) is 0 Å². The van der Waals surface area contributed by atoms with Crippen LogP contribution in [-0.4, -0.2) is 34.9 Å². The largest absolute Gasteiger partial charge is 0.368 e. The van der Waals surface area contributed by atoms with Crippen LogP contribution < -0.4 is 5.73 Å². The lowest BCUT2D eigenvalue weighted by Crippen LogP contribution is -2.00. The number of fused-ring (bicyclic) bond motifs is 1. The standard InChI is InChI=1S/C22H17N9/c1-13-14(8-23)3-2-4-16(13)18-7-19(28-22(24)27-18)21-12-31(30-29-21)11-15-9-26-20-10-25-6-5-17(15)20/h2-7,9-10,12,26H,11H2,1H3,(H2,24,27,28). The Bertz CT molecular complexity index is 1460. The Morgan fingerprint density at radius 3 is 2.90 bits per heavy atom. The highest BCUT2D eigenvalue weighted by Gasteiger charge is 2.14. The van der Waals surface area contributed by atoms with Crippen molar-refractivity contribution in [2.75, 3.05) is 5.73 Å². The first-order chi connectivity index (χ1) is 15.1. The van der Waals surface area contributed by atoms with E-state index in [4.69, 9.17) is 5.73 Å². The van der Waals surface area contributed by atoms with Crippen molar-refractivity contribution in [3.63, 3.8) is 0 Å². The number of nitrogen functional groups attached to an aromatic ring is 1. The summed E-state index contributed by atoms with van der Waals surface area (Å²) < 4.78 is 1.75. The number of rotatable bonds is 4. The molecule has 0 unspecified atom stereocenters. The van der Waals surface area contributed by atoms with Crippen molar-refractivity contribution in [3.05, 3.63) is 71.8 Å². The molecule has 0 fully saturated rings. The summed E-state index contributed by atoms with van der Waals surface area (Å²) in [5.41, 5.74) is 12.1. The monoisotopic (exact) mass is 407 g/mol. The van der Waals surface area contributed by atoms with Gasteiger partial charge in [0.25, 0.3) is 0 Å². The van der Waals surface area contributed by atoms with Gasteiger partial charge in [-0.2, -0.15) is 5.26 Å². The molecule has 5 aromatic rings. The van der Waals surface area contributed by atoms with Crippen molar-refractivity contribution in [3.8, 4) is 28.7 Å². The number of hydrogen-bond acceptors (Lipinski definition) is 7. The lowest BCUT2D eigenvalue weighted by atomic mass is 10.00. The lowest BCUT2D eigenvalue weighted by molar-refractivity contribution is 0.652. The van der Waals surface area contributed by atoms with Gasteiger partial charge in [-0.05, 0) is 36.2 Å². The van der Waals surface area contributed by atoms with Crippen molar-refractivity contribution in [1.82, 2.24) is 34.9 Å². The van der Waals surface area contributed by atoms with Crippen LogP contribution in [0.15, 0.2) is 55.1 Å². The number of aromatic amines is 1. The minimum Gasteiger partial charge on any atom is -0.368 e. The SMILES string of the molecule is Cc1c(C#N)cccc1-c1cc(-c2cn(Cc3c[nH]c4cnccc34)nn2)nc(N)n1. The molecule has 0 bridgehead atoms. The van der Waals surface area contributed by atoms with Gasteiger partial charge in [-0.25, -0.2) is 14.6 Å². The Morgan fingerprint density at radius 1 is 1.16 bits per heavy atom. The lowest BCUT2D eigenvalue weighted by Gasteiger charge is -2.08. The first-order valence-electron chi connectivity index (χ1n) is 9.57. The first kappa shape index (κ1) is 18.4. The molecule has 0 saturated carbocycles. The van der Waals surface area contributed by atoms with Crippen LogP contribution in [0, 0.1) is 18.3 Å². The van der Waals surface area contributed by atoms with E-state index in [1.165, 1.54) is 0 Å². The molecular formula is C22H17N9. The molecule has 0 amide bonds. The molecule has 3 N–H and O–H groups in total. The Morgan fingerprint density at radius 2 is 2.03 bits per heavy atom. The fourth-order valence-electron chi connectivity index (χ4n) is 3.60. The van der Waals surface area contributed by atoms with Crippen molar-refractivity contribution < 1.29 is 0 Å². The molecule has 4 heterocycles. The number of benzene rings is 1. The van der Waals surface area contributed by atoms with Gasteiger partial charge in [-0.15, -0.1) is 5.10 Å². The third kappa shape index (κ3) is 3.36. The molecule has 0 aliphatic rings. The van der Waals surface area contributed by atoms with Crippen LogP contribution in [0.25, 0.3) is 33.5 Å². The number of nitrogens with one attached hydrogen (secondary N) is 1. The highest BCUT2D eigenvalue weighted by molar-refractivity contribution is 5.82. The molecule has 150 valence electrons. The van der Waals surface area contributed by atoms with Crippen LogP contribution in [0.3, 0.4) is 0 Å². The third-order valence-electron chi connectivity index (χ3n) is 5.18. The predicted molar refractivity (Wildman–Crippen MR) is 116 cm³/mol. The molecule has 9 heteroatoms. The number of nitriles is 1. The summed E-state index contributed by atoms with van der Waals surface area (Å²) in [6, 6.07) is 11.5. The summed E-state index contributed by atoms with van der Waals surface area (Å²) in [7, 11) is 0. The first-order valence-corrected chi connectivity index (χ1v) is 9.57.